The molecule has 0 aromatic heterocycles. The van der Waals surface area contributed by atoms with Gasteiger partial charge in [-0.25, -0.2) is 0 Å². The molecule has 1 aromatic carbocycles. The van der Waals surface area contributed by atoms with Crippen LogP contribution in [0.3, 0.4) is 0 Å². The van der Waals surface area contributed by atoms with Gasteiger partial charge in [-0.15, -0.1) is 0 Å². The average molecular weight is 264 g/mol. The Morgan fingerprint density at radius 3 is 2.63 bits per heavy atom. The van der Waals surface area contributed by atoms with Gasteiger partial charge in [0.25, 0.3) is 0 Å². The van der Waals surface area contributed by atoms with E-state index in [1.54, 1.807) is 12.0 Å². The normalized spacial score (nSPS) is 27.8. The highest BCUT2D eigenvalue weighted by Crippen LogP contribution is 2.27. The van der Waals surface area contributed by atoms with Crippen molar-refractivity contribution in [2.24, 2.45) is 0 Å². The standard InChI is InChI=1S/C15H21NO3/c1-17-13-6-4-12(5-7-13)15-18-11-14(19-15)10-16-8-2-3-9-16/h4-7,14-15H,2-3,8-11H2,1H3/p+1. The summed E-state index contributed by atoms with van der Waals surface area (Å²) in [7, 11) is 1.67. The minimum Gasteiger partial charge on any atom is -0.497 e. The molecule has 2 unspecified atom stereocenters. The summed E-state index contributed by atoms with van der Waals surface area (Å²) in [5, 5.41) is 0. The molecule has 0 aliphatic carbocycles. The molecule has 104 valence electrons. The number of benzene rings is 1. The van der Waals surface area contributed by atoms with E-state index in [1.165, 1.54) is 25.9 Å². The van der Waals surface area contributed by atoms with Gasteiger partial charge in [-0.3, -0.25) is 0 Å². The number of hydrogen-bond donors (Lipinski definition) is 1. The Bertz CT molecular complexity index is 400. The minimum atomic E-state index is -0.210. The fourth-order valence-electron chi connectivity index (χ4n) is 2.89. The van der Waals surface area contributed by atoms with Crippen molar-refractivity contribution in [3.63, 3.8) is 0 Å². The van der Waals surface area contributed by atoms with Crippen LogP contribution in [0.5, 0.6) is 5.75 Å². The lowest BCUT2D eigenvalue weighted by Crippen LogP contribution is -3.11. The van der Waals surface area contributed by atoms with Crippen LogP contribution in [0.1, 0.15) is 24.7 Å². The first-order valence-electron chi connectivity index (χ1n) is 7.10. The Morgan fingerprint density at radius 1 is 1.21 bits per heavy atom. The Kier molecular flexibility index (Phi) is 4.01. The van der Waals surface area contributed by atoms with Gasteiger partial charge in [0.15, 0.2) is 6.29 Å². The highest BCUT2D eigenvalue weighted by molar-refractivity contribution is 5.28. The maximum Gasteiger partial charge on any atom is 0.184 e. The Morgan fingerprint density at radius 2 is 1.95 bits per heavy atom. The number of ether oxygens (including phenoxy) is 3. The van der Waals surface area contributed by atoms with E-state index >= 15 is 0 Å². The maximum atomic E-state index is 6.00. The number of methoxy groups -OCH3 is 1. The van der Waals surface area contributed by atoms with Gasteiger partial charge in [0.2, 0.25) is 0 Å². The van der Waals surface area contributed by atoms with Crippen LogP contribution in [0, 0.1) is 0 Å². The van der Waals surface area contributed by atoms with Gasteiger partial charge in [0.1, 0.15) is 18.4 Å². The van der Waals surface area contributed by atoms with Crippen molar-refractivity contribution < 1.29 is 19.1 Å². The van der Waals surface area contributed by atoms with Crippen molar-refractivity contribution in [2.75, 3.05) is 33.4 Å². The van der Waals surface area contributed by atoms with E-state index in [0.717, 1.165) is 17.9 Å². The van der Waals surface area contributed by atoms with E-state index in [2.05, 4.69) is 0 Å². The molecule has 2 fully saturated rings. The molecule has 2 aliphatic rings. The molecule has 19 heavy (non-hydrogen) atoms. The molecule has 0 spiro atoms. The summed E-state index contributed by atoms with van der Waals surface area (Å²) in [5.41, 5.74) is 1.07. The lowest BCUT2D eigenvalue weighted by atomic mass is 10.2. The zero-order valence-corrected chi connectivity index (χ0v) is 11.4. The van der Waals surface area contributed by atoms with Crippen LogP contribution in [0.2, 0.25) is 0 Å². The lowest BCUT2D eigenvalue weighted by molar-refractivity contribution is -0.890. The van der Waals surface area contributed by atoms with Gasteiger partial charge in [-0.05, 0) is 12.1 Å². The van der Waals surface area contributed by atoms with Crippen molar-refractivity contribution >= 4 is 0 Å². The number of hydrogen-bond acceptors (Lipinski definition) is 3. The molecule has 2 saturated heterocycles. The highest BCUT2D eigenvalue weighted by atomic mass is 16.7. The number of rotatable bonds is 4. The van der Waals surface area contributed by atoms with Crippen molar-refractivity contribution in [1.29, 1.82) is 0 Å². The van der Waals surface area contributed by atoms with Crippen LogP contribution in [-0.2, 0) is 9.47 Å². The zero-order valence-electron chi connectivity index (χ0n) is 11.4. The van der Waals surface area contributed by atoms with Crippen LogP contribution < -0.4 is 9.64 Å². The fraction of sp³-hybridized carbons (Fsp3) is 0.600. The maximum absolute atomic E-state index is 6.00. The average Bonchev–Trinajstić information content (AvgIpc) is 3.11. The molecule has 1 N–H and O–H groups in total. The van der Waals surface area contributed by atoms with Crippen molar-refractivity contribution in [1.82, 2.24) is 0 Å². The van der Waals surface area contributed by atoms with Crippen LogP contribution in [0.25, 0.3) is 0 Å². The van der Waals surface area contributed by atoms with Gasteiger partial charge >= 0.3 is 0 Å². The summed E-state index contributed by atoms with van der Waals surface area (Å²) in [6, 6.07) is 7.91. The number of nitrogens with one attached hydrogen (secondary N) is 1. The van der Waals surface area contributed by atoms with Crippen LogP contribution in [0.4, 0.5) is 0 Å². The summed E-state index contributed by atoms with van der Waals surface area (Å²) in [4.78, 5) is 1.66. The first-order valence-corrected chi connectivity index (χ1v) is 7.10. The molecule has 2 atom stereocenters. The summed E-state index contributed by atoms with van der Waals surface area (Å²) in [6.45, 7) is 4.35. The number of quaternary nitrogens is 1. The second-order valence-electron chi connectivity index (χ2n) is 5.36. The molecule has 4 heteroatoms. The molecule has 1 aromatic rings. The van der Waals surface area contributed by atoms with E-state index in [0.29, 0.717) is 6.61 Å². The SMILES string of the molecule is COc1ccc(C2OCC(C[NH+]3CCCC3)O2)cc1. The summed E-state index contributed by atoms with van der Waals surface area (Å²) < 4.78 is 16.9. The Labute approximate surface area is 114 Å². The van der Waals surface area contributed by atoms with E-state index in [-0.39, 0.29) is 12.4 Å². The minimum absolute atomic E-state index is 0.210. The molecular weight excluding hydrogens is 242 g/mol. The lowest BCUT2D eigenvalue weighted by Gasteiger charge is -2.16. The molecule has 2 aliphatic heterocycles. The second-order valence-corrected chi connectivity index (χ2v) is 5.36. The van der Waals surface area contributed by atoms with Crippen LogP contribution in [-0.4, -0.2) is 39.5 Å². The third-order valence-corrected chi connectivity index (χ3v) is 3.96. The highest BCUT2D eigenvalue weighted by Gasteiger charge is 2.31. The molecule has 0 radical (unpaired) electrons. The first-order chi connectivity index (χ1) is 9.35. The van der Waals surface area contributed by atoms with Crippen LogP contribution in [0.15, 0.2) is 24.3 Å². The topological polar surface area (TPSA) is 32.1 Å². The summed E-state index contributed by atoms with van der Waals surface area (Å²) in [6.07, 6.45) is 2.73. The van der Waals surface area contributed by atoms with Gasteiger partial charge in [0.05, 0.1) is 26.8 Å². The van der Waals surface area contributed by atoms with Crippen molar-refractivity contribution in [2.45, 2.75) is 25.2 Å². The molecule has 2 heterocycles. The predicted octanol–water partition coefficient (Wildman–Crippen LogP) is 0.788. The third kappa shape index (κ3) is 3.08. The quantitative estimate of drug-likeness (QED) is 0.872. The second kappa shape index (κ2) is 5.90. The van der Waals surface area contributed by atoms with E-state index in [9.17, 15) is 0 Å². The summed E-state index contributed by atoms with van der Waals surface area (Å²) >= 11 is 0. The van der Waals surface area contributed by atoms with E-state index in [1.807, 2.05) is 24.3 Å². The van der Waals surface area contributed by atoms with Gasteiger partial charge < -0.3 is 19.1 Å². The smallest absolute Gasteiger partial charge is 0.184 e. The largest absolute Gasteiger partial charge is 0.497 e. The molecule has 3 rings (SSSR count). The molecule has 4 nitrogen and oxygen atoms in total. The Balaban J connectivity index is 1.55. The van der Waals surface area contributed by atoms with E-state index in [4.69, 9.17) is 14.2 Å². The van der Waals surface area contributed by atoms with E-state index < -0.39 is 0 Å². The molecule has 0 amide bonds. The zero-order chi connectivity index (χ0) is 13.1. The molecule has 0 bridgehead atoms. The Hall–Kier alpha value is -1.10. The monoisotopic (exact) mass is 264 g/mol. The molecular formula is C15H22NO3+. The molecule has 0 saturated carbocycles. The van der Waals surface area contributed by atoms with Gasteiger partial charge in [-0.1, -0.05) is 12.1 Å². The number of likely N-dealkylation sites (tertiary alicyclic amines) is 1. The fourth-order valence-corrected chi connectivity index (χ4v) is 2.89. The summed E-state index contributed by atoms with van der Waals surface area (Å²) in [5.74, 6) is 0.861. The van der Waals surface area contributed by atoms with Gasteiger partial charge in [-0.2, -0.15) is 0 Å². The van der Waals surface area contributed by atoms with Crippen molar-refractivity contribution in [3.8, 4) is 5.75 Å². The van der Waals surface area contributed by atoms with Crippen LogP contribution >= 0.6 is 0 Å². The third-order valence-electron chi connectivity index (χ3n) is 3.96. The van der Waals surface area contributed by atoms with Crippen molar-refractivity contribution in [3.05, 3.63) is 29.8 Å². The first kappa shape index (κ1) is 12.9. The predicted molar refractivity (Wildman–Crippen MR) is 71.4 cm³/mol. The van der Waals surface area contributed by atoms with Gasteiger partial charge in [0, 0.05) is 18.4 Å².